The van der Waals surface area contributed by atoms with Gasteiger partial charge in [-0.1, -0.05) is 90.6 Å². The van der Waals surface area contributed by atoms with E-state index in [4.69, 9.17) is 34.8 Å². The molecule has 1 N–H and O–H groups in total. The van der Waals surface area contributed by atoms with Crippen LogP contribution in [0.15, 0.2) is 71.6 Å². The molecular weight excluding hydrogens is 605 g/mol. The highest BCUT2D eigenvalue weighted by atomic mass is 35.5. The Morgan fingerprint density at radius 3 is 2.12 bits per heavy atom. The lowest BCUT2D eigenvalue weighted by Gasteiger charge is -2.34. The van der Waals surface area contributed by atoms with Crippen molar-refractivity contribution in [2.75, 3.05) is 10.8 Å². The van der Waals surface area contributed by atoms with Crippen molar-refractivity contribution in [2.45, 2.75) is 64.1 Å². The lowest BCUT2D eigenvalue weighted by molar-refractivity contribution is -0.140. The van der Waals surface area contributed by atoms with Crippen molar-refractivity contribution in [3.63, 3.8) is 0 Å². The summed E-state index contributed by atoms with van der Waals surface area (Å²) < 4.78 is 28.9. The normalized spacial score (nSPS) is 12.9. The molecule has 0 aliphatic rings. The highest BCUT2D eigenvalue weighted by molar-refractivity contribution is 7.92. The van der Waals surface area contributed by atoms with Gasteiger partial charge in [0.25, 0.3) is 10.0 Å². The van der Waals surface area contributed by atoms with Crippen LogP contribution in [-0.4, -0.2) is 43.8 Å². The maximum atomic E-state index is 14.2. The molecule has 220 valence electrons. The largest absolute Gasteiger partial charge is 0.352 e. The predicted molar refractivity (Wildman–Crippen MR) is 166 cm³/mol. The van der Waals surface area contributed by atoms with E-state index in [-0.39, 0.29) is 39.1 Å². The molecule has 0 fully saturated rings. The van der Waals surface area contributed by atoms with Crippen molar-refractivity contribution >= 4 is 62.3 Å². The minimum atomic E-state index is -4.28. The van der Waals surface area contributed by atoms with Gasteiger partial charge in [0.1, 0.15) is 12.6 Å². The molecule has 11 heteroatoms. The van der Waals surface area contributed by atoms with Crippen LogP contribution in [0.3, 0.4) is 0 Å². The molecule has 0 saturated carbocycles. The molecule has 0 spiro atoms. The number of hydrogen-bond donors (Lipinski definition) is 1. The van der Waals surface area contributed by atoms with Crippen LogP contribution in [0.5, 0.6) is 0 Å². The molecule has 2 amide bonds. The van der Waals surface area contributed by atoms with Crippen molar-refractivity contribution in [1.29, 1.82) is 0 Å². The van der Waals surface area contributed by atoms with Crippen LogP contribution < -0.4 is 9.62 Å². The smallest absolute Gasteiger partial charge is 0.264 e. The van der Waals surface area contributed by atoms with E-state index in [1.807, 2.05) is 20.8 Å². The van der Waals surface area contributed by atoms with E-state index in [1.54, 1.807) is 49.4 Å². The van der Waals surface area contributed by atoms with Gasteiger partial charge >= 0.3 is 0 Å². The standard InChI is InChI=1S/C30H34Cl3N3O4S/c1-5-21(4)34-30(38)26(6-2)35(18-22-10-7-8-11-24(22)31)28(37)19-36(27-13-9-12-25(32)29(27)33)41(39,40)23-16-14-20(3)15-17-23/h7-17,21,26H,5-6,18-19H2,1-4H3,(H,34,38)/t21-,26+/m1/s1. The fourth-order valence-corrected chi connectivity index (χ4v) is 6.28. The summed E-state index contributed by atoms with van der Waals surface area (Å²) >= 11 is 19.2. The Labute approximate surface area is 257 Å². The summed E-state index contributed by atoms with van der Waals surface area (Å²) in [6.07, 6.45) is 0.998. The summed E-state index contributed by atoms with van der Waals surface area (Å²) in [7, 11) is -4.28. The number of rotatable bonds is 12. The molecule has 0 aromatic heterocycles. The Morgan fingerprint density at radius 1 is 0.878 bits per heavy atom. The number of anilines is 1. The zero-order valence-corrected chi connectivity index (χ0v) is 26.5. The van der Waals surface area contributed by atoms with Crippen molar-refractivity contribution in [3.8, 4) is 0 Å². The first-order chi connectivity index (χ1) is 19.4. The van der Waals surface area contributed by atoms with E-state index in [0.717, 1.165) is 9.87 Å². The number of carbonyl (C=O) groups excluding carboxylic acids is 2. The molecule has 7 nitrogen and oxygen atoms in total. The van der Waals surface area contributed by atoms with Crippen molar-refractivity contribution < 1.29 is 18.0 Å². The number of nitrogens with one attached hydrogen (secondary N) is 1. The van der Waals surface area contributed by atoms with E-state index in [9.17, 15) is 18.0 Å². The molecule has 0 unspecified atom stereocenters. The number of aryl methyl sites for hydroxylation is 1. The first-order valence-corrected chi connectivity index (χ1v) is 15.8. The van der Waals surface area contributed by atoms with E-state index < -0.39 is 28.5 Å². The van der Waals surface area contributed by atoms with E-state index in [0.29, 0.717) is 23.4 Å². The number of carbonyl (C=O) groups is 2. The Morgan fingerprint density at radius 2 is 1.51 bits per heavy atom. The van der Waals surface area contributed by atoms with Crippen LogP contribution in [0.1, 0.15) is 44.7 Å². The van der Waals surface area contributed by atoms with Gasteiger partial charge < -0.3 is 10.2 Å². The minimum absolute atomic E-state index is 0.00730. The number of benzene rings is 3. The quantitative estimate of drug-likeness (QED) is 0.235. The summed E-state index contributed by atoms with van der Waals surface area (Å²) in [5, 5.41) is 3.48. The van der Waals surface area contributed by atoms with E-state index in [1.165, 1.54) is 29.2 Å². The molecule has 2 atom stereocenters. The Balaban J connectivity index is 2.11. The first-order valence-electron chi connectivity index (χ1n) is 13.3. The van der Waals surface area contributed by atoms with Crippen LogP contribution in [0.2, 0.25) is 15.1 Å². The van der Waals surface area contributed by atoms with Gasteiger partial charge in [-0.3, -0.25) is 13.9 Å². The lowest BCUT2D eigenvalue weighted by Crippen LogP contribution is -2.53. The van der Waals surface area contributed by atoms with Gasteiger partial charge in [0.05, 0.1) is 20.6 Å². The molecule has 0 heterocycles. The summed E-state index contributed by atoms with van der Waals surface area (Å²) in [5.74, 6) is -0.946. The molecule has 0 saturated heterocycles. The van der Waals surface area contributed by atoms with Crippen LogP contribution in [0.25, 0.3) is 0 Å². The number of amides is 2. The molecule has 3 aromatic carbocycles. The average molecular weight is 639 g/mol. The third-order valence-electron chi connectivity index (χ3n) is 6.77. The number of sulfonamides is 1. The van der Waals surface area contributed by atoms with Crippen LogP contribution in [0.4, 0.5) is 5.69 Å². The number of nitrogens with zero attached hydrogens (tertiary/aromatic N) is 2. The predicted octanol–water partition coefficient (Wildman–Crippen LogP) is 6.87. The number of halogens is 3. The Bertz CT molecular complexity index is 1480. The highest BCUT2D eigenvalue weighted by Crippen LogP contribution is 2.35. The van der Waals surface area contributed by atoms with Gasteiger partial charge in [0, 0.05) is 17.6 Å². The molecule has 0 aliphatic heterocycles. The molecule has 41 heavy (non-hydrogen) atoms. The van der Waals surface area contributed by atoms with Crippen LogP contribution in [0, 0.1) is 6.92 Å². The van der Waals surface area contributed by atoms with Crippen LogP contribution in [-0.2, 0) is 26.2 Å². The average Bonchev–Trinajstić information content (AvgIpc) is 2.94. The monoisotopic (exact) mass is 637 g/mol. The van der Waals surface area contributed by atoms with Crippen molar-refractivity contribution in [3.05, 3.63) is 92.9 Å². The molecule has 0 radical (unpaired) electrons. The molecular formula is C30H34Cl3N3O4S. The second-order valence-corrected chi connectivity index (χ2v) is 12.8. The van der Waals surface area contributed by atoms with Crippen molar-refractivity contribution in [2.24, 2.45) is 0 Å². The van der Waals surface area contributed by atoms with E-state index >= 15 is 0 Å². The van der Waals surface area contributed by atoms with Crippen LogP contribution >= 0.6 is 34.8 Å². The summed E-state index contributed by atoms with van der Waals surface area (Å²) in [6.45, 7) is 6.82. The van der Waals surface area contributed by atoms with Gasteiger partial charge in [0.2, 0.25) is 11.8 Å². The highest BCUT2D eigenvalue weighted by Gasteiger charge is 2.35. The first kappa shape index (κ1) is 32.7. The van der Waals surface area contributed by atoms with Gasteiger partial charge in [-0.2, -0.15) is 0 Å². The van der Waals surface area contributed by atoms with Gasteiger partial charge in [-0.25, -0.2) is 8.42 Å². The zero-order chi connectivity index (χ0) is 30.3. The van der Waals surface area contributed by atoms with E-state index in [2.05, 4.69) is 5.32 Å². The Kier molecular flexibility index (Phi) is 11.5. The molecule has 3 rings (SSSR count). The SMILES string of the molecule is CC[C@@H](C)NC(=O)[C@H](CC)N(Cc1ccccc1Cl)C(=O)CN(c1cccc(Cl)c1Cl)S(=O)(=O)c1ccc(C)cc1. The van der Waals surface area contributed by atoms with Crippen molar-refractivity contribution in [1.82, 2.24) is 10.2 Å². The summed E-state index contributed by atoms with van der Waals surface area (Å²) in [5.41, 5.74) is 1.53. The van der Waals surface area contributed by atoms with Gasteiger partial charge in [0.15, 0.2) is 0 Å². The lowest BCUT2D eigenvalue weighted by atomic mass is 10.1. The molecule has 0 aliphatic carbocycles. The van der Waals surface area contributed by atoms with Gasteiger partial charge in [-0.05, 0) is 62.6 Å². The fourth-order valence-electron chi connectivity index (χ4n) is 4.21. The molecule has 3 aromatic rings. The third kappa shape index (κ3) is 7.95. The second kappa shape index (κ2) is 14.4. The number of hydrogen-bond acceptors (Lipinski definition) is 4. The Hall–Kier alpha value is -2.78. The zero-order valence-electron chi connectivity index (χ0n) is 23.4. The molecule has 0 bridgehead atoms. The maximum absolute atomic E-state index is 14.2. The third-order valence-corrected chi connectivity index (χ3v) is 9.72. The van der Waals surface area contributed by atoms with Gasteiger partial charge in [-0.15, -0.1) is 0 Å². The summed E-state index contributed by atoms with van der Waals surface area (Å²) in [4.78, 5) is 28.9. The summed E-state index contributed by atoms with van der Waals surface area (Å²) in [6, 6.07) is 16.9. The fraction of sp³-hybridized carbons (Fsp3) is 0.333. The topological polar surface area (TPSA) is 86.8 Å². The minimum Gasteiger partial charge on any atom is -0.352 e. The second-order valence-electron chi connectivity index (χ2n) is 9.75. The maximum Gasteiger partial charge on any atom is 0.264 e.